The molecule has 0 aromatic heterocycles. The summed E-state index contributed by atoms with van der Waals surface area (Å²) in [6.07, 6.45) is -0.746. The van der Waals surface area contributed by atoms with Gasteiger partial charge in [0.05, 0.1) is 36.8 Å². The van der Waals surface area contributed by atoms with E-state index in [0.717, 1.165) is 0 Å². The van der Waals surface area contributed by atoms with Crippen molar-refractivity contribution in [3.05, 3.63) is 23.8 Å². The second-order valence-electron chi connectivity index (χ2n) is 12.0. The van der Waals surface area contributed by atoms with E-state index in [1.807, 2.05) is 20.8 Å². The fourth-order valence-corrected chi connectivity index (χ4v) is 6.05. The maximum Gasteiger partial charge on any atom is 0.309 e. The van der Waals surface area contributed by atoms with Gasteiger partial charge in [-0.1, -0.05) is 19.6 Å². The molecule has 5 N–H and O–H groups in total. The van der Waals surface area contributed by atoms with Crippen molar-refractivity contribution in [2.75, 3.05) is 6.61 Å². The average Bonchev–Trinajstić information content (AvgIpc) is 3.09. The molecule has 2 aliphatic rings. The van der Waals surface area contributed by atoms with Crippen LogP contribution in [0, 0.1) is 17.3 Å². The first-order valence-corrected chi connectivity index (χ1v) is 13.1. The van der Waals surface area contributed by atoms with E-state index < -0.39 is 65.7 Å². The number of carbonyl (C=O) groups is 3. The Hall–Kier alpha value is -2.27. The van der Waals surface area contributed by atoms with E-state index in [2.05, 4.69) is 6.58 Å². The number of hydrogen-bond acceptors (Lipinski definition) is 9. The van der Waals surface area contributed by atoms with Gasteiger partial charge in [0.25, 0.3) is 0 Å². The molecule has 0 saturated heterocycles. The van der Waals surface area contributed by atoms with Gasteiger partial charge in [0.2, 0.25) is 0 Å². The number of rotatable bonds is 8. The van der Waals surface area contributed by atoms with E-state index in [0.29, 0.717) is 18.4 Å². The monoisotopic (exact) mass is 540 g/mol. The largest absolute Gasteiger partial charge is 0.481 e. The van der Waals surface area contributed by atoms with Crippen molar-refractivity contribution in [2.45, 2.75) is 109 Å². The quantitative estimate of drug-likeness (QED) is 0.227. The number of carboxylic acids is 1. The zero-order valence-corrected chi connectivity index (χ0v) is 23.1. The molecular formula is C28H44O10. The molecule has 0 spiro atoms. The van der Waals surface area contributed by atoms with Gasteiger partial charge in [-0.25, -0.2) is 0 Å². The fourth-order valence-electron chi connectivity index (χ4n) is 6.05. The van der Waals surface area contributed by atoms with Gasteiger partial charge in [-0.15, -0.1) is 0 Å². The molecule has 10 heteroatoms. The second-order valence-corrected chi connectivity index (χ2v) is 12.0. The van der Waals surface area contributed by atoms with Crippen LogP contribution in [0.2, 0.25) is 0 Å². The zero-order chi connectivity index (χ0) is 29.1. The van der Waals surface area contributed by atoms with Crippen LogP contribution in [0.5, 0.6) is 0 Å². The number of ether oxygens (including phenoxy) is 2. The third-order valence-electron chi connectivity index (χ3n) is 8.24. The lowest BCUT2D eigenvalue weighted by atomic mass is 9.67. The summed E-state index contributed by atoms with van der Waals surface area (Å²) >= 11 is 0. The van der Waals surface area contributed by atoms with Gasteiger partial charge in [-0.2, -0.15) is 0 Å². The van der Waals surface area contributed by atoms with Crippen molar-refractivity contribution in [3.8, 4) is 0 Å². The standard InChI is InChI=1S/C28H44O10/c1-16-21(30)8-7-18(15-37-25(35)14-27(5,36)13-24(33)34)11-23(32)28(6)10-9-19(20(28)12-22(16)31)26(3,4)38-17(2)29/h11,19-23,30-32,36H,1,7-10,12-15H2,2-6H3,(H,33,34)/b18-11+/t19-,20+,21+,22+,23+,27?,28+/m0/s1. The zero-order valence-electron chi connectivity index (χ0n) is 23.1. The molecule has 0 amide bonds. The SMILES string of the molecule is C=C1[C@H](O)CC/C(COC(=O)CC(C)(O)CC(=O)O)=C\[C@@H](O)[C@]2(C)CC[C@H](C(C)(C)OC(C)=O)[C@H]2C[C@H]1O. The van der Waals surface area contributed by atoms with Crippen molar-refractivity contribution in [1.29, 1.82) is 0 Å². The van der Waals surface area contributed by atoms with E-state index in [4.69, 9.17) is 14.6 Å². The number of esters is 2. The minimum atomic E-state index is -1.77. The molecule has 0 aliphatic heterocycles. The lowest BCUT2D eigenvalue weighted by molar-refractivity contribution is -0.162. The first-order valence-electron chi connectivity index (χ1n) is 13.1. The molecule has 1 saturated carbocycles. The predicted octanol–water partition coefficient (Wildman–Crippen LogP) is 2.27. The molecule has 1 unspecified atom stereocenters. The number of fused-ring (bicyclic) bond motifs is 1. The van der Waals surface area contributed by atoms with Crippen LogP contribution < -0.4 is 0 Å². The molecule has 38 heavy (non-hydrogen) atoms. The molecule has 0 heterocycles. The van der Waals surface area contributed by atoms with Crippen LogP contribution >= 0.6 is 0 Å². The molecular weight excluding hydrogens is 496 g/mol. The Morgan fingerprint density at radius 3 is 2.32 bits per heavy atom. The molecule has 0 bridgehead atoms. The highest BCUT2D eigenvalue weighted by Crippen LogP contribution is 2.56. The number of carboxylic acid groups (broad SMARTS) is 1. The van der Waals surface area contributed by atoms with Crippen molar-refractivity contribution < 1.29 is 49.4 Å². The smallest absolute Gasteiger partial charge is 0.309 e. The van der Waals surface area contributed by atoms with Crippen molar-refractivity contribution in [2.24, 2.45) is 17.3 Å². The van der Waals surface area contributed by atoms with Gasteiger partial charge in [0.1, 0.15) is 12.2 Å². The Bertz CT molecular complexity index is 936. The molecule has 2 aliphatic carbocycles. The highest BCUT2D eigenvalue weighted by atomic mass is 16.6. The van der Waals surface area contributed by atoms with Gasteiger partial charge in [-0.05, 0) is 69.9 Å². The van der Waals surface area contributed by atoms with Gasteiger partial charge >= 0.3 is 17.9 Å². The van der Waals surface area contributed by atoms with Crippen molar-refractivity contribution in [3.63, 3.8) is 0 Å². The Kier molecular flexibility index (Phi) is 10.3. The first kappa shape index (κ1) is 31.9. The van der Waals surface area contributed by atoms with E-state index in [9.17, 15) is 34.8 Å². The van der Waals surface area contributed by atoms with Gasteiger partial charge in [-0.3, -0.25) is 14.4 Å². The predicted molar refractivity (Wildman–Crippen MR) is 138 cm³/mol. The molecule has 0 aromatic rings. The van der Waals surface area contributed by atoms with Gasteiger partial charge in [0.15, 0.2) is 0 Å². The van der Waals surface area contributed by atoms with Crippen molar-refractivity contribution >= 4 is 17.9 Å². The molecule has 216 valence electrons. The Morgan fingerprint density at radius 2 is 1.74 bits per heavy atom. The Morgan fingerprint density at radius 1 is 1.11 bits per heavy atom. The highest BCUT2D eigenvalue weighted by Gasteiger charge is 2.54. The van der Waals surface area contributed by atoms with E-state index >= 15 is 0 Å². The van der Waals surface area contributed by atoms with E-state index in [-0.39, 0.29) is 43.3 Å². The van der Waals surface area contributed by atoms with Crippen LogP contribution in [0.1, 0.15) is 79.6 Å². The summed E-state index contributed by atoms with van der Waals surface area (Å²) in [5, 5.41) is 52.2. The summed E-state index contributed by atoms with van der Waals surface area (Å²) in [5.41, 5.74) is -2.57. The Labute approximate surface area is 224 Å². The van der Waals surface area contributed by atoms with Crippen molar-refractivity contribution in [1.82, 2.24) is 0 Å². The summed E-state index contributed by atoms with van der Waals surface area (Å²) in [7, 11) is 0. The summed E-state index contributed by atoms with van der Waals surface area (Å²) < 4.78 is 10.9. The van der Waals surface area contributed by atoms with Crippen LogP contribution in [-0.4, -0.2) is 79.6 Å². The lowest BCUT2D eigenvalue weighted by Crippen LogP contribution is -2.45. The van der Waals surface area contributed by atoms with Gasteiger partial charge < -0.3 is 35.0 Å². The molecule has 10 nitrogen and oxygen atoms in total. The number of hydrogen-bond donors (Lipinski definition) is 5. The maximum absolute atomic E-state index is 12.3. The van der Waals surface area contributed by atoms with Crippen LogP contribution in [0.15, 0.2) is 23.8 Å². The topological polar surface area (TPSA) is 171 Å². The third-order valence-corrected chi connectivity index (χ3v) is 8.24. The van der Waals surface area contributed by atoms with E-state index in [1.54, 1.807) is 6.08 Å². The Balaban J connectivity index is 2.34. The van der Waals surface area contributed by atoms with Crippen LogP contribution in [-0.2, 0) is 23.9 Å². The van der Waals surface area contributed by atoms with Crippen LogP contribution in [0.4, 0.5) is 0 Å². The number of aliphatic carboxylic acids is 1. The summed E-state index contributed by atoms with van der Waals surface area (Å²) in [4.78, 5) is 35.0. The number of aliphatic hydroxyl groups is 4. The molecule has 0 radical (unpaired) electrons. The highest BCUT2D eigenvalue weighted by molar-refractivity contribution is 5.74. The number of carbonyl (C=O) groups excluding carboxylic acids is 2. The van der Waals surface area contributed by atoms with E-state index in [1.165, 1.54) is 13.8 Å². The minimum absolute atomic E-state index is 0.173. The molecule has 2 rings (SSSR count). The molecule has 1 fully saturated rings. The van der Waals surface area contributed by atoms with Crippen LogP contribution in [0.25, 0.3) is 0 Å². The summed E-state index contributed by atoms with van der Waals surface area (Å²) in [6.45, 7) is 11.8. The maximum atomic E-state index is 12.3. The molecule has 0 aromatic carbocycles. The summed E-state index contributed by atoms with van der Waals surface area (Å²) in [5.74, 6) is -2.95. The van der Waals surface area contributed by atoms with Crippen LogP contribution in [0.3, 0.4) is 0 Å². The van der Waals surface area contributed by atoms with Gasteiger partial charge in [0, 0.05) is 18.3 Å². The second kappa shape index (κ2) is 12.3. The third kappa shape index (κ3) is 8.11. The molecule has 7 atom stereocenters. The number of aliphatic hydroxyl groups excluding tert-OH is 3. The minimum Gasteiger partial charge on any atom is -0.481 e. The summed E-state index contributed by atoms with van der Waals surface area (Å²) in [6, 6.07) is 0. The average molecular weight is 541 g/mol. The first-order chi connectivity index (χ1) is 17.4. The lowest BCUT2D eigenvalue weighted by Gasteiger charge is -2.43. The fraction of sp³-hybridized carbons (Fsp3) is 0.750. The normalized spacial score (nSPS) is 33.7.